The van der Waals surface area contributed by atoms with Crippen LogP contribution in [0.1, 0.15) is 35.3 Å². The lowest BCUT2D eigenvalue weighted by Gasteiger charge is -2.22. The molecular weight excluding hydrogens is 337 g/mol. The number of hydrogen-bond donors (Lipinski definition) is 3. The largest absolute Gasteiger partial charge is 0.352 e. The van der Waals surface area contributed by atoms with Crippen LogP contribution in [0.4, 0.5) is 0 Å². The Bertz CT molecular complexity index is 640. The number of amides is 1. The van der Waals surface area contributed by atoms with Crippen LogP contribution in [0.25, 0.3) is 11.0 Å². The fraction of sp³-hybridized carbons (Fsp3) is 0.533. The van der Waals surface area contributed by atoms with Gasteiger partial charge in [-0.2, -0.15) is 5.10 Å². The van der Waals surface area contributed by atoms with Crippen LogP contribution in [0.2, 0.25) is 0 Å². The lowest BCUT2D eigenvalue weighted by atomic mass is 9.96. The second kappa shape index (κ2) is 9.05. The smallest absolute Gasteiger partial charge is 0.252 e. The highest BCUT2D eigenvalue weighted by Crippen LogP contribution is 2.15. The van der Waals surface area contributed by atoms with Crippen molar-refractivity contribution in [3.8, 4) is 0 Å². The van der Waals surface area contributed by atoms with Gasteiger partial charge in [-0.15, -0.1) is 24.8 Å². The topological polar surface area (TPSA) is 82.7 Å². The molecular formula is C15H23Cl2N5O. The second-order valence-electron chi connectivity index (χ2n) is 5.70. The zero-order valence-electron chi connectivity index (χ0n) is 13.1. The molecule has 0 aromatic carbocycles. The summed E-state index contributed by atoms with van der Waals surface area (Å²) in [6, 6.07) is 1.85. The van der Waals surface area contributed by atoms with E-state index in [9.17, 15) is 4.79 Å². The molecule has 1 aliphatic rings. The first-order valence-corrected chi connectivity index (χ1v) is 7.53. The molecule has 128 valence electrons. The summed E-state index contributed by atoms with van der Waals surface area (Å²) in [7, 11) is 0. The molecule has 2 aromatic heterocycles. The van der Waals surface area contributed by atoms with Crippen LogP contribution in [0.5, 0.6) is 0 Å². The van der Waals surface area contributed by atoms with Gasteiger partial charge in [-0.25, -0.2) is 4.98 Å². The van der Waals surface area contributed by atoms with Gasteiger partial charge >= 0.3 is 0 Å². The molecule has 3 N–H and O–H groups in total. The third-order valence-corrected chi connectivity index (χ3v) is 4.10. The predicted molar refractivity (Wildman–Crippen MR) is 95.7 cm³/mol. The van der Waals surface area contributed by atoms with Gasteiger partial charge in [0, 0.05) is 23.8 Å². The van der Waals surface area contributed by atoms with E-state index in [1.165, 1.54) is 12.8 Å². The third kappa shape index (κ3) is 4.80. The summed E-state index contributed by atoms with van der Waals surface area (Å²) in [6.07, 6.45) is 5.10. The summed E-state index contributed by atoms with van der Waals surface area (Å²) < 4.78 is 0. The SMILES string of the molecule is Cc1[nH]nc2ncc(C(=O)NCCC3CCCNC3)cc12.Cl.Cl. The maximum Gasteiger partial charge on any atom is 0.252 e. The summed E-state index contributed by atoms with van der Waals surface area (Å²) in [5, 5.41) is 14.2. The van der Waals surface area contributed by atoms with Crippen LogP contribution < -0.4 is 10.6 Å². The summed E-state index contributed by atoms with van der Waals surface area (Å²) in [4.78, 5) is 16.4. The van der Waals surface area contributed by atoms with Crippen LogP contribution in [0.15, 0.2) is 12.3 Å². The highest BCUT2D eigenvalue weighted by Gasteiger charge is 2.14. The number of aryl methyl sites for hydroxylation is 1. The number of aromatic nitrogens is 3. The van der Waals surface area contributed by atoms with Crippen molar-refractivity contribution in [2.45, 2.75) is 26.2 Å². The molecule has 2 aromatic rings. The third-order valence-electron chi connectivity index (χ3n) is 4.10. The van der Waals surface area contributed by atoms with E-state index < -0.39 is 0 Å². The molecule has 0 bridgehead atoms. The van der Waals surface area contributed by atoms with E-state index in [0.29, 0.717) is 23.7 Å². The van der Waals surface area contributed by atoms with Crippen molar-refractivity contribution < 1.29 is 4.79 Å². The Morgan fingerprint density at radius 1 is 1.43 bits per heavy atom. The minimum atomic E-state index is -0.0613. The molecule has 1 atom stereocenters. The second-order valence-corrected chi connectivity index (χ2v) is 5.70. The average molecular weight is 360 g/mol. The fourth-order valence-corrected chi connectivity index (χ4v) is 2.81. The van der Waals surface area contributed by atoms with Crippen molar-refractivity contribution in [3.05, 3.63) is 23.5 Å². The molecule has 0 radical (unpaired) electrons. The van der Waals surface area contributed by atoms with Crippen molar-refractivity contribution in [1.82, 2.24) is 25.8 Å². The molecule has 0 spiro atoms. The zero-order valence-corrected chi connectivity index (χ0v) is 14.7. The Kier molecular flexibility index (Phi) is 7.75. The van der Waals surface area contributed by atoms with E-state index >= 15 is 0 Å². The first-order valence-electron chi connectivity index (χ1n) is 7.53. The Hall–Kier alpha value is -1.37. The number of nitrogens with one attached hydrogen (secondary N) is 3. The van der Waals surface area contributed by atoms with Crippen molar-refractivity contribution in [3.63, 3.8) is 0 Å². The number of rotatable bonds is 4. The zero-order chi connectivity index (χ0) is 14.7. The van der Waals surface area contributed by atoms with Gasteiger partial charge in [-0.3, -0.25) is 9.89 Å². The number of piperidine rings is 1. The Labute approximate surface area is 148 Å². The Balaban J connectivity index is 0.00000132. The highest BCUT2D eigenvalue weighted by molar-refractivity contribution is 5.97. The minimum absolute atomic E-state index is 0. The minimum Gasteiger partial charge on any atom is -0.352 e. The lowest BCUT2D eigenvalue weighted by Crippen LogP contribution is -2.33. The molecule has 1 saturated heterocycles. The molecule has 0 saturated carbocycles. The van der Waals surface area contributed by atoms with Gasteiger partial charge in [0.15, 0.2) is 5.65 Å². The van der Waals surface area contributed by atoms with E-state index in [4.69, 9.17) is 0 Å². The standard InChI is InChI=1S/C15H21N5O.2ClH/c1-10-13-7-12(9-18-14(13)20-19-10)15(21)17-6-4-11-3-2-5-16-8-11;;/h7,9,11,16H,2-6,8H2,1H3,(H,17,21)(H,18,19,20);2*1H. The molecule has 1 unspecified atom stereocenters. The van der Waals surface area contributed by atoms with Gasteiger partial charge < -0.3 is 10.6 Å². The molecule has 1 amide bonds. The first-order chi connectivity index (χ1) is 10.2. The average Bonchev–Trinajstić information content (AvgIpc) is 2.89. The number of carbonyl (C=O) groups is 1. The van der Waals surface area contributed by atoms with Crippen LogP contribution in [0.3, 0.4) is 0 Å². The van der Waals surface area contributed by atoms with E-state index in [2.05, 4.69) is 25.8 Å². The van der Waals surface area contributed by atoms with Crippen LogP contribution >= 0.6 is 24.8 Å². The molecule has 1 fully saturated rings. The fourth-order valence-electron chi connectivity index (χ4n) is 2.81. The number of nitrogens with zero attached hydrogens (tertiary/aromatic N) is 2. The molecule has 6 nitrogen and oxygen atoms in total. The van der Waals surface area contributed by atoms with Gasteiger partial charge in [0.05, 0.1) is 5.56 Å². The Morgan fingerprint density at radius 2 is 2.26 bits per heavy atom. The van der Waals surface area contributed by atoms with Gasteiger partial charge in [-0.1, -0.05) is 0 Å². The predicted octanol–water partition coefficient (Wildman–Crippen LogP) is 2.23. The van der Waals surface area contributed by atoms with E-state index in [0.717, 1.165) is 30.6 Å². The van der Waals surface area contributed by atoms with Gasteiger partial charge in [-0.05, 0) is 51.3 Å². The van der Waals surface area contributed by atoms with Crippen molar-refractivity contribution in [1.29, 1.82) is 0 Å². The van der Waals surface area contributed by atoms with Gasteiger partial charge in [0.1, 0.15) is 0 Å². The number of pyridine rings is 1. The number of halogens is 2. The van der Waals surface area contributed by atoms with Crippen LogP contribution in [-0.4, -0.2) is 40.7 Å². The van der Waals surface area contributed by atoms with E-state index in [1.54, 1.807) is 6.20 Å². The van der Waals surface area contributed by atoms with Gasteiger partial charge in [0.25, 0.3) is 5.91 Å². The summed E-state index contributed by atoms with van der Waals surface area (Å²) in [5.74, 6) is 0.615. The van der Waals surface area contributed by atoms with Gasteiger partial charge in [0.2, 0.25) is 0 Å². The first kappa shape index (κ1) is 19.7. The molecule has 3 heterocycles. The summed E-state index contributed by atoms with van der Waals surface area (Å²) in [6.45, 7) is 4.83. The lowest BCUT2D eigenvalue weighted by molar-refractivity contribution is 0.0950. The monoisotopic (exact) mass is 359 g/mol. The van der Waals surface area contributed by atoms with Crippen LogP contribution in [0, 0.1) is 12.8 Å². The highest BCUT2D eigenvalue weighted by atomic mass is 35.5. The molecule has 3 rings (SSSR count). The maximum atomic E-state index is 12.2. The number of H-pyrrole nitrogens is 1. The van der Waals surface area contributed by atoms with Crippen LogP contribution in [-0.2, 0) is 0 Å². The number of aromatic amines is 1. The quantitative estimate of drug-likeness (QED) is 0.781. The molecule has 23 heavy (non-hydrogen) atoms. The molecule has 0 aliphatic carbocycles. The molecule has 1 aliphatic heterocycles. The summed E-state index contributed by atoms with van der Waals surface area (Å²) in [5.41, 5.74) is 2.17. The van der Waals surface area contributed by atoms with Crippen molar-refractivity contribution >= 4 is 41.8 Å². The van der Waals surface area contributed by atoms with E-state index in [1.807, 2.05) is 13.0 Å². The van der Waals surface area contributed by atoms with Crippen molar-refractivity contribution in [2.75, 3.05) is 19.6 Å². The number of carbonyl (C=O) groups excluding carboxylic acids is 1. The Morgan fingerprint density at radius 3 is 3.00 bits per heavy atom. The van der Waals surface area contributed by atoms with Crippen molar-refractivity contribution in [2.24, 2.45) is 5.92 Å². The summed E-state index contributed by atoms with van der Waals surface area (Å²) >= 11 is 0. The molecule has 8 heteroatoms. The number of fused-ring (bicyclic) bond motifs is 1. The normalized spacial score (nSPS) is 17.2. The number of hydrogen-bond acceptors (Lipinski definition) is 4. The maximum absolute atomic E-state index is 12.2. The van der Waals surface area contributed by atoms with E-state index in [-0.39, 0.29) is 30.7 Å².